The van der Waals surface area contributed by atoms with Gasteiger partial charge in [0.05, 0.1) is 24.3 Å². The van der Waals surface area contributed by atoms with Gasteiger partial charge in [-0.1, -0.05) is 30.3 Å². The maximum absolute atomic E-state index is 14.7. The monoisotopic (exact) mass is 874 g/mol. The van der Waals surface area contributed by atoms with E-state index in [9.17, 15) is 53.7 Å². The minimum atomic E-state index is -1.96. The highest BCUT2D eigenvalue weighted by atomic mass is 16.5. The number of aliphatic hydroxyl groups excluding tert-OH is 1. The van der Waals surface area contributed by atoms with E-state index in [2.05, 4.69) is 15.6 Å². The highest BCUT2D eigenvalue weighted by molar-refractivity contribution is 6.01. The van der Waals surface area contributed by atoms with Crippen molar-refractivity contribution in [2.45, 2.75) is 88.1 Å². The largest absolute Gasteiger partial charge is 0.508 e. The van der Waals surface area contributed by atoms with E-state index in [1.54, 1.807) is 36.5 Å². The lowest BCUT2D eigenvalue weighted by molar-refractivity contribution is -0.141. The predicted octanol–water partition coefficient (Wildman–Crippen LogP) is -1.39. The zero-order valence-electron chi connectivity index (χ0n) is 34.5. The van der Waals surface area contributed by atoms with Gasteiger partial charge in [-0.05, 0) is 43.2 Å². The van der Waals surface area contributed by atoms with E-state index < -0.39 is 108 Å². The summed E-state index contributed by atoms with van der Waals surface area (Å²) in [6, 6.07) is 3.72. The van der Waals surface area contributed by atoms with Crippen molar-refractivity contribution in [3.05, 3.63) is 111 Å². The number of carboxylic acid groups (broad SMARTS) is 1. The number of aliphatic hydroxyl groups is 1. The highest BCUT2D eigenvalue weighted by Crippen LogP contribution is 2.31. The van der Waals surface area contributed by atoms with Crippen molar-refractivity contribution >= 4 is 46.4 Å². The number of Topliss-reactive ketones (excluding diaryl/α,β-unsaturated/α-hetero) is 1. The number of urea groups is 1. The number of phenols is 1. The Hall–Kier alpha value is -7.14. The molecule has 0 aliphatic carbocycles. The van der Waals surface area contributed by atoms with E-state index in [-0.39, 0.29) is 24.4 Å². The Bertz CT molecular complexity index is 2510. The topological polar surface area (TPSA) is 352 Å². The van der Waals surface area contributed by atoms with Gasteiger partial charge in [0.25, 0.3) is 11.5 Å². The lowest BCUT2D eigenvalue weighted by Gasteiger charge is -2.36. The standard InChI is InChI=1S/C41H50N10O12/c1-20(42)31(53)17-30(49(3)36(57)28(46-35(56)21(2)43)14-22-7-6-8-24(52)13-22)34(44)37(58)51(19-25-16-32(54)38(63-25)50-12-11-33(55)48-41(50)62)40(61)47-29(39(59)60)15-23-18-45-27-10-5-4-9-26(23)27/h4-13,18-21,28-30,32,34,38,45,52,54H,14-17,42-44H2,1-3H3,(H,46,56)(H,47,61)(H,59,60)(H,48,55,62)/b25-19+/t20-,21-,28-,29?,30?,32?,34?,38?/m0/s1. The summed E-state index contributed by atoms with van der Waals surface area (Å²) >= 11 is 0. The number of aromatic amines is 2. The number of ketones is 1. The first-order valence-corrected chi connectivity index (χ1v) is 19.7. The van der Waals surface area contributed by atoms with Crippen LogP contribution in [0.4, 0.5) is 4.79 Å². The minimum absolute atomic E-state index is 0.131. The number of aliphatic carboxylic acids is 1. The lowest BCUT2D eigenvalue weighted by atomic mass is 9.96. The zero-order valence-corrected chi connectivity index (χ0v) is 34.5. The third kappa shape index (κ3) is 11.4. The number of carbonyl (C=O) groups excluding carboxylic acids is 5. The lowest BCUT2D eigenvalue weighted by Crippen LogP contribution is -2.62. The molecule has 336 valence electrons. The number of para-hydroxylation sites is 1. The van der Waals surface area contributed by atoms with Gasteiger partial charge in [-0.2, -0.15) is 0 Å². The Morgan fingerprint density at radius 2 is 1.67 bits per heavy atom. The Labute approximate surface area is 358 Å². The van der Waals surface area contributed by atoms with Gasteiger partial charge >= 0.3 is 17.7 Å². The Morgan fingerprint density at radius 3 is 2.32 bits per heavy atom. The number of nitrogens with two attached hydrogens (primary N) is 3. The summed E-state index contributed by atoms with van der Waals surface area (Å²) < 4.78 is 6.65. The number of carboxylic acids is 1. The first-order chi connectivity index (χ1) is 29.7. The van der Waals surface area contributed by atoms with Gasteiger partial charge in [0.2, 0.25) is 18.0 Å². The second-order valence-electron chi connectivity index (χ2n) is 15.2. The van der Waals surface area contributed by atoms with Crippen LogP contribution in [0.15, 0.2) is 88.5 Å². The van der Waals surface area contributed by atoms with Crippen LogP contribution < -0.4 is 39.1 Å². The van der Waals surface area contributed by atoms with E-state index >= 15 is 0 Å². The summed E-state index contributed by atoms with van der Waals surface area (Å²) in [7, 11) is 1.20. The second-order valence-corrected chi connectivity index (χ2v) is 15.2. The molecule has 0 radical (unpaired) electrons. The molecule has 8 atom stereocenters. The summed E-state index contributed by atoms with van der Waals surface area (Å²) in [5, 5.41) is 36.8. The molecule has 1 aliphatic heterocycles. The molecule has 1 saturated heterocycles. The summed E-state index contributed by atoms with van der Waals surface area (Å²) in [5.74, 6) is -5.46. The average Bonchev–Trinajstić information content (AvgIpc) is 3.82. The first kappa shape index (κ1) is 46.9. The number of nitrogens with zero attached hydrogens (tertiary/aromatic N) is 3. The number of nitrogens with one attached hydrogen (secondary N) is 4. The number of hydrogen-bond donors (Lipinski definition) is 10. The Balaban J connectivity index is 1.53. The minimum Gasteiger partial charge on any atom is -0.508 e. The molecule has 22 heteroatoms. The van der Waals surface area contributed by atoms with Crippen molar-refractivity contribution in [2.24, 2.45) is 17.2 Å². The number of imide groups is 1. The number of fused-ring (bicyclic) bond motifs is 1. The number of ether oxygens (including phenoxy) is 1. The molecule has 13 N–H and O–H groups in total. The quantitative estimate of drug-likeness (QED) is 0.0584. The van der Waals surface area contributed by atoms with Crippen molar-refractivity contribution < 1.29 is 48.8 Å². The van der Waals surface area contributed by atoms with Crippen molar-refractivity contribution in [3.63, 3.8) is 0 Å². The van der Waals surface area contributed by atoms with Gasteiger partial charge in [-0.15, -0.1) is 0 Å². The molecule has 22 nitrogen and oxygen atoms in total. The molecule has 2 aromatic carbocycles. The van der Waals surface area contributed by atoms with Crippen molar-refractivity contribution in [1.29, 1.82) is 0 Å². The number of aromatic nitrogens is 3. The van der Waals surface area contributed by atoms with E-state index in [0.29, 0.717) is 26.9 Å². The number of likely N-dealkylation sites (N-methyl/N-ethyl adjacent to an activating group) is 1. The van der Waals surface area contributed by atoms with E-state index in [4.69, 9.17) is 21.9 Å². The maximum Gasteiger partial charge on any atom is 0.331 e. The summed E-state index contributed by atoms with van der Waals surface area (Å²) in [4.78, 5) is 113. The van der Waals surface area contributed by atoms with Gasteiger partial charge in [-0.25, -0.2) is 19.3 Å². The van der Waals surface area contributed by atoms with Gasteiger partial charge in [0, 0.05) is 62.1 Å². The SMILES string of the molecule is C[C@H](N)C(=O)CC(C(N)C(=O)N(/C=C1\CC(O)C(n2ccc(=O)[nH]c2=O)O1)C(=O)NC(Cc1c[nH]c2ccccc12)C(=O)O)N(C)C(=O)[C@H](Cc1cccc(O)c1)NC(=O)[C@H](C)N. The van der Waals surface area contributed by atoms with Gasteiger partial charge < -0.3 is 57.8 Å². The van der Waals surface area contributed by atoms with Crippen LogP contribution in [0.2, 0.25) is 0 Å². The smallest absolute Gasteiger partial charge is 0.331 e. The third-order valence-electron chi connectivity index (χ3n) is 10.4. The van der Waals surface area contributed by atoms with Crippen LogP contribution in [0, 0.1) is 0 Å². The molecular formula is C41H50N10O12. The molecule has 5 unspecified atom stereocenters. The van der Waals surface area contributed by atoms with Crippen molar-refractivity contribution in [2.75, 3.05) is 7.05 Å². The molecule has 1 fully saturated rings. The van der Waals surface area contributed by atoms with Crippen LogP contribution in [0.3, 0.4) is 0 Å². The van der Waals surface area contributed by atoms with Crippen LogP contribution >= 0.6 is 0 Å². The fourth-order valence-electron chi connectivity index (χ4n) is 6.90. The molecular weight excluding hydrogens is 825 g/mol. The fraction of sp³-hybridized carbons (Fsp3) is 0.366. The maximum atomic E-state index is 14.7. The number of aromatic hydroxyl groups is 1. The summed E-state index contributed by atoms with van der Waals surface area (Å²) in [6.45, 7) is 2.74. The number of hydrogen-bond acceptors (Lipinski definition) is 14. The molecule has 5 amide bonds. The first-order valence-electron chi connectivity index (χ1n) is 19.7. The van der Waals surface area contributed by atoms with Gasteiger partial charge in [-0.3, -0.25) is 33.5 Å². The molecule has 0 saturated carbocycles. The summed E-state index contributed by atoms with van der Waals surface area (Å²) in [5.41, 5.74) is 18.2. The molecule has 0 bridgehead atoms. The van der Waals surface area contributed by atoms with Gasteiger partial charge in [0.15, 0.2) is 5.78 Å². The van der Waals surface area contributed by atoms with Gasteiger partial charge in [0.1, 0.15) is 35.7 Å². The number of H-pyrrole nitrogens is 2. The van der Waals surface area contributed by atoms with E-state index in [1.807, 2.05) is 4.98 Å². The summed E-state index contributed by atoms with van der Waals surface area (Å²) in [6.07, 6.45) is -1.01. The second kappa shape index (κ2) is 20.2. The molecule has 4 aromatic rings. The number of amides is 5. The van der Waals surface area contributed by atoms with E-state index in [0.717, 1.165) is 27.9 Å². The molecule has 2 aromatic heterocycles. The number of rotatable bonds is 17. The molecule has 3 heterocycles. The number of carbonyl (C=O) groups is 6. The Kier molecular flexibility index (Phi) is 15.0. The van der Waals surface area contributed by atoms with Crippen molar-refractivity contribution in [1.82, 2.24) is 35.0 Å². The molecule has 0 spiro atoms. The third-order valence-corrected chi connectivity index (χ3v) is 10.4. The molecule has 5 rings (SSSR count). The predicted molar refractivity (Wildman–Crippen MR) is 224 cm³/mol. The van der Waals surface area contributed by atoms with Crippen molar-refractivity contribution in [3.8, 4) is 5.75 Å². The number of benzene rings is 2. The van der Waals surface area contributed by atoms with Crippen LogP contribution in [-0.4, -0.2) is 125 Å². The number of phenolic OH excluding ortho intramolecular Hbond substituents is 1. The average molecular weight is 875 g/mol. The van der Waals surface area contributed by atoms with E-state index in [1.165, 1.54) is 39.1 Å². The highest BCUT2D eigenvalue weighted by Gasteiger charge is 2.41. The normalized spacial score (nSPS) is 18.3. The Morgan fingerprint density at radius 1 is 0.952 bits per heavy atom. The van der Waals surface area contributed by atoms with Crippen LogP contribution in [0.25, 0.3) is 10.9 Å². The molecule has 1 aliphatic rings. The van der Waals surface area contributed by atoms with Crippen LogP contribution in [0.5, 0.6) is 5.75 Å². The van der Waals surface area contributed by atoms with Crippen LogP contribution in [-0.2, 0) is 41.6 Å². The van der Waals surface area contributed by atoms with Crippen LogP contribution in [0.1, 0.15) is 44.0 Å². The zero-order chi connectivity index (χ0) is 46.3. The molecule has 63 heavy (non-hydrogen) atoms. The fourth-order valence-corrected chi connectivity index (χ4v) is 6.90.